The van der Waals surface area contributed by atoms with Gasteiger partial charge in [-0.15, -0.1) is 0 Å². The normalized spacial score (nSPS) is 13.3. The maximum atomic E-state index is 6.33. The first-order valence-electron chi connectivity index (χ1n) is 11.5. The topological polar surface area (TPSA) is 36.9 Å². The summed E-state index contributed by atoms with van der Waals surface area (Å²) in [5, 5.41) is 0. The van der Waals surface area contributed by atoms with Crippen LogP contribution in [0, 0.1) is 12.8 Å². The molecule has 0 radical (unpaired) electrons. The largest absolute Gasteiger partial charge is 0.490 e. The summed E-state index contributed by atoms with van der Waals surface area (Å²) in [6.45, 7) is 17.9. The fourth-order valence-corrected chi connectivity index (χ4v) is 3.60. The van der Waals surface area contributed by atoms with E-state index >= 15 is 0 Å². The zero-order valence-corrected chi connectivity index (χ0v) is 21.7. The van der Waals surface area contributed by atoms with Gasteiger partial charge in [0.2, 0.25) is 0 Å². The van der Waals surface area contributed by atoms with Crippen LogP contribution in [0.3, 0.4) is 0 Å². The lowest BCUT2D eigenvalue weighted by molar-refractivity contribution is 0.00822. The third-order valence-corrected chi connectivity index (χ3v) is 6.56. The Kier molecular flexibility index (Phi) is 8.78. The molecule has 4 heteroatoms. The van der Waals surface area contributed by atoms with E-state index in [9.17, 15) is 0 Å². The van der Waals surface area contributed by atoms with E-state index in [1.54, 1.807) is 14.2 Å². The molecule has 0 N–H and O–H groups in total. The molecule has 4 nitrogen and oxygen atoms in total. The smallest absolute Gasteiger partial charge is 0.131 e. The number of hydrogen-bond donors (Lipinski definition) is 0. The van der Waals surface area contributed by atoms with Crippen molar-refractivity contribution < 1.29 is 18.9 Å². The summed E-state index contributed by atoms with van der Waals surface area (Å²) < 4.78 is 23.9. The third-order valence-electron chi connectivity index (χ3n) is 6.56. The first kappa shape index (κ1) is 26.2. The molecule has 2 rings (SSSR count). The van der Waals surface area contributed by atoms with Gasteiger partial charge in [-0.25, -0.2) is 0 Å². The maximum absolute atomic E-state index is 6.33. The van der Waals surface area contributed by atoms with Crippen molar-refractivity contribution in [3.63, 3.8) is 0 Å². The molecule has 0 fully saturated rings. The second-order valence-corrected chi connectivity index (χ2v) is 9.92. The molecule has 0 aliphatic rings. The zero-order valence-electron chi connectivity index (χ0n) is 21.7. The van der Waals surface area contributed by atoms with Gasteiger partial charge in [0.25, 0.3) is 0 Å². The monoisotopic (exact) mass is 442 g/mol. The Morgan fingerprint density at radius 1 is 0.750 bits per heavy atom. The fourth-order valence-electron chi connectivity index (χ4n) is 3.60. The molecule has 0 aromatic heterocycles. The number of ether oxygens (including phenoxy) is 4. The van der Waals surface area contributed by atoms with Crippen LogP contribution >= 0.6 is 0 Å². The van der Waals surface area contributed by atoms with Gasteiger partial charge in [0.15, 0.2) is 0 Å². The quantitative estimate of drug-likeness (QED) is 0.352. The second-order valence-electron chi connectivity index (χ2n) is 9.92. The van der Waals surface area contributed by atoms with E-state index in [0.29, 0.717) is 25.0 Å². The molecule has 178 valence electrons. The van der Waals surface area contributed by atoms with E-state index < -0.39 is 11.2 Å². The van der Waals surface area contributed by atoms with Crippen molar-refractivity contribution >= 4 is 0 Å². The zero-order chi connectivity index (χ0) is 24.1. The Bertz CT molecular complexity index is 828. The van der Waals surface area contributed by atoms with E-state index in [1.165, 1.54) is 5.56 Å². The van der Waals surface area contributed by atoms with Gasteiger partial charge in [-0.2, -0.15) is 0 Å². The summed E-state index contributed by atoms with van der Waals surface area (Å²) >= 11 is 0. The van der Waals surface area contributed by atoms with Crippen LogP contribution in [0.1, 0.15) is 76.6 Å². The van der Waals surface area contributed by atoms with Crippen molar-refractivity contribution in [3.8, 4) is 11.5 Å². The summed E-state index contributed by atoms with van der Waals surface area (Å²) in [6, 6.07) is 12.6. The Morgan fingerprint density at radius 2 is 1.22 bits per heavy atom. The number of hydrogen-bond acceptors (Lipinski definition) is 4. The van der Waals surface area contributed by atoms with Gasteiger partial charge in [0.05, 0.1) is 11.2 Å². The van der Waals surface area contributed by atoms with Crippen molar-refractivity contribution in [1.29, 1.82) is 0 Å². The van der Waals surface area contributed by atoms with Gasteiger partial charge in [0, 0.05) is 25.3 Å². The van der Waals surface area contributed by atoms with Gasteiger partial charge in [-0.1, -0.05) is 38.5 Å². The third kappa shape index (κ3) is 6.26. The Hall–Kier alpha value is -2.04. The molecule has 0 heterocycles. The molecule has 0 amide bonds. The van der Waals surface area contributed by atoms with E-state index in [2.05, 4.69) is 79.7 Å². The van der Waals surface area contributed by atoms with E-state index in [0.717, 1.165) is 28.2 Å². The summed E-state index contributed by atoms with van der Waals surface area (Å²) in [5.74, 6) is 2.80. The Morgan fingerprint density at radius 3 is 1.66 bits per heavy atom. The lowest BCUT2D eigenvalue weighted by Gasteiger charge is -2.32. The minimum absolute atomic E-state index is 0.423. The molecule has 2 aromatic rings. The van der Waals surface area contributed by atoms with Crippen molar-refractivity contribution in [1.82, 2.24) is 0 Å². The predicted molar refractivity (Wildman–Crippen MR) is 132 cm³/mol. The van der Waals surface area contributed by atoms with E-state index in [-0.39, 0.29) is 0 Å². The molecule has 0 aliphatic carbocycles. The standard InChI is InChI=1S/C28H42O4/c1-19(2)21(4)22-11-13-23(14-12-22)31-15-16-32-26-24(27(5,6)29-9)17-20(3)18-25(26)28(7,8)30-10/h11-14,17-19,21H,15-16H2,1-10H3. The van der Waals surface area contributed by atoms with Crippen LogP contribution < -0.4 is 9.47 Å². The van der Waals surface area contributed by atoms with Crippen LogP contribution in [-0.2, 0) is 20.7 Å². The Balaban J connectivity index is 2.18. The van der Waals surface area contributed by atoms with E-state index in [4.69, 9.17) is 18.9 Å². The van der Waals surface area contributed by atoms with Crippen molar-refractivity contribution in [2.45, 2.75) is 72.5 Å². The molecule has 32 heavy (non-hydrogen) atoms. The highest BCUT2D eigenvalue weighted by atomic mass is 16.5. The average Bonchev–Trinajstić information content (AvgIpc) is 2.76. The summed E-state index contributed by atoms with van der Waals surface area (Å²) in [7, 11) is 3.44. The molecule has 1 atom stereocenters. The van der Waals surface area contributed by atoms with Crippen LogP contribution in [0.5, 0.6) is 11.5 Å². The van der Waals surface area contributed by atoms with Crippen LogP contribution in [0.15, 0.2) is 36.4 Å². The molecule has 0 bridgehead atoms. The van der Waals surface area contributed by atoms with Crippen LogP contribution in [-0.4, -0.2) is 27.4 Å². The molecule has 0 aliphatic heterocycles. The molecule has 2 aromatic carbocycles. The fraction of sp³-hybridized carbons (Fsp3) is 0.571. The van der Waals surface area contributed by atoms with Gasteiger partial charge in [-0.3, -0.25) is 0 Å². The molecule has 1 unspecified atom stereocenters. The summed E-state index contributed by atoms with van der Waals surface area (Å²) in [5.41, 5.74) is 3.50. The van der Waals surface area contributed by atoms with Crippen molar-refractivity contribution in [3.05, 3.63) is 58.7 Å². The average molecular weight is 443 g/mol. The van der Waals surface area contributed by atoms with Crippen LogP contribution in [0.4, 0.5) is 0 Å². The molecular weight excluding hydrogens is 400 g/mol. The number of benzene rings is 2. The first-order chi connectivity index (χ1) is 14.9. The SMILES string of the molecule is COC(C)(C)c1cc(C)cc(C(C)(C)OC)c1OCCOc1ccc(C(C)C(C)C)cc1. The highest BCUT2D eigenvalue weighted by Gasteiger charge is 2.32. The molecular formula is C28H42O4. The number of methoxy groups -OCH3 is 2. The summed E-state index contributed by atoms with van der Waals surface area (Å²) in [6.07, 6.45) is 0. The lowest BCUT2D eigenvalue weighted by Crippen LogP contribution is -2.27. The van der Waals surface area contributed by atoms with Crippen molar-refractivity contribution in [2.24, 2.45) is 5.92 Å². The predicted octanol–water partition coefficient (Wildman–Crippen LogP) is 6.98. The highest BCUT2D eigenvalue weighted by molar-refractivity contribution is 5.49. The minimum Gasteiger partial charge on any atom is -0.490 e. The van der Waals surface area contributed by atoms with Gasteiger partial charge >= 0.3 is 0 Å². The first-order valence-corrected chi connectivity index (χ1v) is 11.5. The molecule has 0 saturated heterocycles. The summed E-state index contributed by atoms with van der Waals surface area (Å²) in [4.78, 5) is 0. The number of aryl methyl sites for hydroxylation is 1. The lowest BCUT2D eigenvalue weighted by atomic mass is 9.87. The van der Waals surface area contributed by atoms with Gasteiger partial charge in [0.1, 0.15) is 24.7 Å². The van der Waals surface area contributed by atoms with Gasteiger partial charge < -0.3 is 18.9 Å². The van der Waals surface area contributed by atoms with Crippen LogP contribution in [0.25, 0.3) is 0 Å². The highest BCUT2D eigenvalue weighted by Crippen LogP contribution is 2.41. The molecule has 0 saturated carbocycles. The molecule has 0 spiro atoms. The van der Waals surface area contributed by atoms with E-state index in [1.807, 2.05) is 12.1 Å². The number of rotatable bonds is 11. The van der Waals surface area contributed by atoms with Crippen LogP contribution in [0.2, 0.25) is 0 Å². The van der Waals surface area contributed by atoms with Gasteiger partial charge in [-0.05, 0) is 76.3 Å². The second kappa shape index (κ2) is 10.7. The van der Waals surface area contributed by atoms with Crippen molar-refractivity contribution in [2.75, 3.05) is 27.4 Å². The Labute approximate surface area is 195 Å². The minimum atomic E-state index is -0.496. The maximum Gasteiger partial charge on any atom is 0.131 e.